The van der Waals surface area contributed by atoms with Crippen LogP contribution in [0.1, 0.15) is 99.8 Å². The van der Waals surface area contributed by atoms with Crippen LogP contribution in [0.3, 0.4) is 0 Å². The van der Waals surface area contributed by atoms with E-state index < -0.39 is 11.5 Å². The van der Waals surface area contributed by atoms with Crippen LogP contribution in [-0.4, -0.2) is 45.7 Å². The predicted octanol–water partition coefficient (Wildman–Crippen LogP) is 4.71. The van der Waals surface area contributed by atoms with E-state index in [-0.39, 0.29) is 62.9 Å². The number of epoxide rings is 1. The van der Waals surface area contributed by atoms with Gasteiger partial charge in [-0.1, -0.05) is 34.6 Å². The Morgan fingerprint density at radius 1 is 0.971 bits per heavy atom. The number of carbonyl (C=O) groups is 2. The van der Waals surface area contributed by atoms with Crippen LogP contribution >= 0.6 is 0 Å². The van der Waals surface area contributed by atoms with Crippen molar-refractivity contribution in [2.45, 2.75) is 124 Å². The first-order valence-electron chi connectivity index (χ1n) is 14.2. The molecule has 5 aliphatic carbocycles. The molecule has 0 aromatic rings. The highest BCUT2D eigenvalue weighted by Crippen LogP contribution is 2.88. The number of aliphatic hydroxyl groups is 2. The Hall–Kier alpha value is -0.780. The summed E-state index contributed by atoms with van der Waals surface area (Å²) in [7, 11) is 0. The second-order valence-electron chi connectivity index (χ2n) is 15.3. The van der Waals surface area contributed by atoms with Crippen molar-refractivity contribution >= 4 is 11.6 Å². The molecule has 0 aromatic carbocycles. The van der Waals surface area contributed by atoms with Gasteiger partial charge in [0.25, 0.3) is 0 Å². The fraction of sp³-hybridized carbons (Fsp3) is 0.933. The van der Waals surface area contributed by atoms with Crippen LogP contribution in [0.2, 0.25) is 0 Å². The second-order valence-corrected chi connectivity index (χ2v) is 15.3. The van der Waals surface area contributed by atoms with Crippen LogP contribution in [0.15, 0.2) is 0 Å². The molecule has 11 atom stereocenters. The van der Waals surface area contributed by atoms with E-state index in [0.29, 0.717) is 18.3 Å². The maximum atomic E-state index is 13.8. The predicted molar refractivity (Wildman–Crippen MR) is 132 cm³/mol. The lowest BCUT2D eigenvalue weighted by Crippen LogP contribution is -2.59. The minimum absolute atomic E-state index is 0.0282. The van der Waals surface area contributed by atoms with Gasteiger partial charge in [0, 0.05) is 17.8 Å². The molecule has 6 fully saturated rings. The van der Waals surface area contributed by atoms with E-state index >= 15 is 0 Å². The van der Waals surface area contributed by atoms with Gasteiger partial charge in [-0.05, 0) is 98.2 Å². The molecule has 2 spiro atoms. The fourth-order valence-electron chi connectivity index (χ4n) is 11.4. The smallest absolute Gasteiger partial charge is 0.165 e. The van der Waals surface area contributed by atoms with E-state index in [2.05, 4.69) is 27.7 Å². The average molecular weight is 487 g/mol. The summed E-state index contributed by atoms with van der Waals surface area (Å²) < 4.78 is 5.59. The molecule has 1 saturated heterocycles. The monoisotopic (exact) mass is 486 g/mol. The Bertz CT molecular complexity index is 985. The molecular weight excluding hydrogens is 440 g/mol. The van der Waals surface area contributed by atoms with Gasteiger partial charge in [-0.3, -0.25) is 9.59 Å². The number of rotatable bonds is 4. The molecule has 2 N–H and O–H groups in total. The molecule has 0 unspecified atom stereocenters. The van der Waals surface area contributed by atoms with Crippen LogP contribution in [0.5, 0.6) is 0 Å². The Kier molecular flexibility index (Phi) is 4.77. The van der Waals surface area contributed by atoms with Crippen molar-refractivity contribution in [3.8, 4) is 0 Å². The average Bonchev–Trinajstić information content (AvgIpc) is 3.62. The highest BCUT2D eigenvalue weighted by molar-refractivity contribution is 5.92. The number of Topliss-reactive ketones (excluding diaryl/α,β-unsaturated/α-hetero) is 2. The van der Waals surface area contributed by atoms with Gasteiger partial charge in [-0.25, -0.2) is 0 Å². The molecule has 35 heavy (non-hydrogen) atoms. The third-order valence-electron chi connectivity index (χ3n) is 13.5. The van der Waals surface area contributed by atoms with Gasteiger partial charge in [0.15, 0.2) is 11.6 Å². The van der Waals surface area contributed by atoms with Gasteiger partial charge in [-0.2, -0.15) is 0 Å². The number of carbonyl (C=O) groups excluding carboxylic acids is 2. The molecule has 0 radical (unpaired) electrons. The molecule has 5 nitrogen and oxygen atoms in total. The van der Waals surface area contributed by atoms with E-state index in [0.717, 1.165) is 38.5 Å². The topological polar surface area (TPSA) is 87.1 Å². The molecule has 0 bridgehead atoms. The summed E-state index contributed by atoms with van der Waals surface area (Å²) in [6.07, 6.45) is 6.11. The van der Waals surface area contributed by atoms with Crippen LogP contribution in [0.25, 0.3) is 0 Å². The Morgan fingerprint density at radius 2 is 1.57 bits per heavy atom. The lowest BCUT2D eigenvalue weighted by Gasteiger charge is -2.63. The molecule has 6 aliphatic rings. The van der Waals surface area contributed by atoms with Gasteiger partial charge in [0.05, 0.1) is 11.7 Å². The maximum absolute atomic E-state index is 13.8. The zero-order valence-corrected chi connectivity index (χ0v) is 22.8. The summed E-state index contributed by atoms with van der Waals surface area (Å²) >= 11 is 0. The van der Waals surface area contributed by atoms with Crippen LogP contribution in [-0.2, 0) is 14.3 Å². The van der Waals surface area contributed by atoms with E-state index in [9.17, 15) is 19.8 Å². The lowest BCUT2D eigenvalue weighted by atomic mass is 9.41. The summed E-state index contributed by atoms with van der Waals surface area (Å²) in [6.45, 7) is 14.9. The number of hydrogen-bond donors (Lipinski definition) is 2. The van der Waals surface area contributed by atoms with Gasteiger partial charge >= 0.3 is 0 Å². The minimum atomic E-state index is -0.956. The van der Waals surface area contributed by atoms with Gasteiger partial charge < -0.3 is 14.9 Å². The van der Waals surface area contributed by atoms with E-state index in [1.807, 2.05) is 20.8 Å². The standard InChI is InChI=1S/C30H46O5/c1-16(14-17(31)24-26(4,5)35-24)21-22(33)23(34)28(7)19-9-8-18-25(2,3)20(32)10-11-29(18)15-30(19,29)13-12-27(21,28)6/h16,18-21,23-24,32,34H,8-15H2,1-7H3/t16-,18+,19+,20+,21+,23+,24-,27-,28-,29-,30+/m1/s1. The summed E-state index contributed by atoms with van der Waals surface area (Å²) in [5, 5.41) is 22.5. The van der Waals surface area contributed by atoms with Crippen molar-refractivity contribution in [2.24, 2.45) is 50.7 Å². The highest BCUT2D eigenvalue weighted by Gasteiger charge is 2.84. The van der Waals surface area contributed by atoms with Crippen molar-refractivity contribution < 1.29 is 24.5 Å². The highest BCUT2D eigenvalue weighted by atomic mass is 16.6. The van der Waals surface area contributed by atoms with Crippen molar-refractivity contribution in [1.29, 1.82) is 0 Å². The molecule has 6 rings (SSSR count). The van der Waals surface area contributed by atoms with E-state index in [1.165, 1.54) is 6.42 Å². The van der Waals surface area contributed by atoms with E-state index in [1.54, 1.807) is 0 Å². The first-order chi connectivity index (χ1) is 16.1. The number of ketones is 2. The molecule has 0 aromatic heterocycles. The maximum Gasteiger partial charge on any atom is 0.165 e. The molecule has 5 saturated carbocycles. The van der Waals surface area contributed by atoms with Crippen LogP contribution < -0.4 is 0 Å². The van der Waals surface area contributed by atoms with Gasteiger partial charge in [-0.15, -0.1) is 0 Å². The summed E-state index contributed by atoms with van der Waals surface area (Å²) in [5.41, 5.74) is -0.767. The van der Waals surface area contributed by atoms with Crippen LogP contribution in [0, 0.1) is 50.7 Å². The normalized spacial score (nSPS) is 55.7. The zero-order valence-electron chi connectivity index (χ0n) is 22.8. The number of fused-ring (bicyclic) bond motifs is 2. The van der Waals surface area contributed by atoms with Crippen molar-refractivity contribution in [3.63, 3.8) is 0 Å². The van der Waals surface area contributed by atoms with E-state index in [4.69, 9.17) is 4.74 Å². The number of hydrogen-bond acceptors (Lipinski definition) is 5. The third-order valence-corrected chi connectivity index (χ3v) is 13.5. The lowest BCUT2D eigenvalue weighted by molar-refractivity contribution is -0.182. The van der Waals surface area contributed by atoms with Gasteiger partial charge in [0.2, 0.25) is 0 Å². The Balaban J connectivity index is 1.32. The third kappa shape index (κ3) is 2.67. The first-order valence-corrected chi connectivity index (χ1v) is 14.2. The zero-order chi connectivity index (χ0) is 25.6. The Labute approximate surface area is 210 Å². The van der Waals surface area contributed by atoms with Crippen LogP contribution in [0.4, 0.5) is 0 Å². The number of ether oxygens (including phenoxy) is 1. The number of aliphatic hydroxyl groups excluding tert-OH is 2. The van der Waals surface area contributed by atoms with Crippen molar-refractivity contribution in [3.05, 3.63) is 0 Å². The molecular formula is C30H46O5. The SMILES string of the molecule is C[C@H](CC(=O)[C@H]1OC1(C)C)[C@H]1C(=O)[C@H](O)[C@@]2(C)[C@@H]3CC[C@H]4C(C)(C)[C@@H](O)CC[C@@]45C[C@@]35CC[C@]12C. The molecule has 0 amide bonds. The quantitative estimate of drug-likeness (QED) is 0.562. The molecule has 1 heterocycles. The summed E-state index contributed by atoms with van der Waals surface area (Å²) in [5.74, 6) is 0.528. The second kappa shape index (κ2) is 6.80. The van der Waals surface area contributed by atoms with Crippen molar-refractivity contribution in [1.82, 2.24) is 0 Å². The minimum Gasteiger partial charge on any atom is -0.393 e. The first kappa shape index (κ1) is 24.6. The molecule has 196 valence electrons. The summed E-state index contributed by atoms with van der Waals surface area (Å²) in [6, 6.07) is 0. The summed E-state index contributed by atoms with van der Waals surface area (Å²) in [4.78, 5) is 26.7. The largest absolute Gasteiger partial charge is 0.393 e. The fourth-order valence-corrected chi connectivity index (χ4v) is 11.4. The molecule has 1 aliphatic heterocycles. The Morgan fingerprint density at radius 3 is 2.20 bits per heavy atom. The van der Waals surface area contributed by atoms with Crippen molar-refractivity contribution in [2.75, 3.05) is 0 Å². The van der Waals surface area contributed by atoms with Gasteiger partial charge in [0.1, 0.15) is 12.2 Å². The molecule has 5 heteroatoms.